The maximum Gasteiger partial charge on any atom is 0.248 e. The highest BCUT2D eigenvalue weighted by molar-refractivity contribution is 5.93. The van der Waals surface area contributed by atoms with Crippen molar-refractivity contribution in [3.8, 4) is 0 Å². The number of hydrogen-bond acceptors (Lipinski definition) is 6. The molecular weight excluding hydrogens is 226 g/mol. The third-order valence-corrected chi connectivity index (χ3v) is 2.10. The number of rotatable bonds is 8. The highest BCUT2D eigenvalue weighted by Crippen LogP contribution is 1.93. The Bertz CT molecular complexity index is 271. The SMILES string of the molecule is NCCC(N)C(=O)NC(CCN)C(=O)NC=O. The van der Waals surface area contributed by atoms with Crippen molar-refractivity contribution in [1.29, 1.82) is 0 Å². The van der Waals surface area contributed by atoms with Crippen molar-refractivity contribution in [3.05, 3.63) is 0 Å². The summed E-state index contributed by atoms with van der Waals surface area (Å²) in [5.74, 6) is -1.10. The molecule has 2 unspecified atom stereocenters. The van der Waals surface area contributed by atoms with Crippen LogP contribution in [0.3, 0.4) is 0 Å². The molecule has 0 aliphatic carbocycles. The highest BCUT2D eigenvalue weighted by Gasteiger charge is 2.22. The molecule has 0 saturated heterocycles. The largest absolute Gasteiger partial charge is 0.343 e. The van der Waals surface area contributed by atoms with Gasteiger partial charge in [0.15, 0.2) is 0 Å². The summed E-state index contributed by atoms with van der Waals surface area (Å²) in [4.78, 5) is 33.0. The second kappa shape index (κ2) is 8.62. The maximum atomic E-state index is 11.5. The van der Waals surface area contributed by atoms with Crippen molar-refractivity contribution in [1.82, 2.24) is 10.6 Å². The fourth-order valence-corrected chi connectivity index (χ4v) is 1.18. The number of nitrogens with one attached hydrogen (secondary N) is 2. The average Bonchev–Trinajstić information content (AvgIpc) is 2.29. The molecule has 0 aromatic carbocycles. The lowest BCUT2D eigenvalue weighted by atomic mass is 10.1. The minimum absolute atomic E-state index is 0.198. The van der Waals surface area contributed by atoms with E-state index in [0.29, 0.717) is 6.42 Å². The van der Waals surface area contributed by atoms with E-state index in [0.717, 1.165) is 0 Å². The smallest absolute Gasteiger partial charge is 0.248 e. The van der Waals surface area contributed by atoms with Gasteiger partial charge in [-0.05, 0) is 25.9 Å². The number of carbonyl (C=O) groups is 3. The van der Waals surface area contributed by atoms with Crippen LogP contribution in [0.15, 0.2) is 0 Å². The lowest BCUT2D eigenvalue weighted by Gasteiger charge is -2.18. The second-order valence-electron chi connectivity index (χ2n) is 3.45. The molecular formula is C9H19N5O3. The summed E-state index contributed by atoms with van der Waals surface area (Å²) in [5, 5.41) is 4.37. The first-order chi connectivity index (χ1) is 8.06. The molecule has 8 N–H and O–H groups in total. The summed E-state index contributed by atoms with van der Waals surface area (Å²) in [6.45, 7) is 0.472. The molecule has 0 rings (SSSR count). The summed E-state index contributed by atoms with van der Waals surface area (Å²) in [6.07, 6.45) is 0.787. The fourth-order valence-electron chi connectivity index (χ4n) is 1.18. The first-order valence-corrected chi connectivity index (χ1v) is 5.26. The number of amides is 3. The predicted molar refractivity (Wildman–Crippen MR) is 61.5 cm³/mol. The Morgan fingerprint density at radius 1 is 1.12 bits per heavy atom. The topological polar surface area (TPSA) is 153 Å². The molecule has 0 heterocycles. The maximum absolute atomic E-state index is 11.5. The van der Waals surface area contributed by atoms with Crippen LogP contribution in [0.2, 0.25) is 0 Å². The minimum atomic E-state index is -0.860. The molecule has 0 aliphatic rings. The Labute approximate surface area is 99.3 Å². The number of imide groups is 1. The number of hydrogen-bond donors (Lipinski definition) is 5. The van der Waals surface area contributed by atoms with Gasteiger partial charge in [-0.25, -0.2) is 0 Å². The molecule has 17 heavy (non-hydrogen) atoms. The summed E-state index contributed by atoms with van der Waals surface area (Å²) < 4.78 is 0. The first-order valence-electron chi connectivity index (χ1n) is 5.26. The van der Waals surface area contributed by atoms with Gasteiger partial charge in [0.2, 0.25) is 18.2 Å². The third kappa shape index (κ3) is 5.95. The van der Waals surface area contributed by atoms with Crippen LogP contribution in [0.5, 0.6) is 0 Å². The van der Waals surface area contributed by atoms with E-state index in [2.05, 4.69) is 5.32 Å². The van der Waals surface area contributed by atoms with Gasteiger partial charge in [-0.2, -0.15) is 0 Å². The zero-order valence-electron chi connectivity index (χ0n) is 9.52. The standard InChI is InChI=1S/C9H19N5O3/c10-3-1-6(12)8(16)14-7(2-4-11)9(17)13-5-15/h5-7H,1-4,10-12H2,(H,14,16)(H,13,15,17). The van der Waals surface area contributed by atoms with Crippen LogP contribution in [-0.4, -0.2) is 43.4 Å². The van der Waals surface area contributed by atoms with Crippen LogP contribution in [-0.2, 0) is 14.4 Å². The Kier molecular flexibility index (Phi) is 7.85. The highest BCUT2D eigenvalue weighted by atomic mass is 16.2. The molecule has 3 amide bonds. The summed E-state index contributed by atoms with van der Waals surface area (Å²) >= 11 is 0. The molecule has 0 bridgehead atoms. The molecule has 8 heteroatoms. The van der Waals surface area contributed by atoms with Gasteiger partial charge in [-0.1, -0.05) is 0 Å². The van der Waals surface area contributed by atoms with Crippen LogP contribution in [0.25, 0.3) is 0 Å². The zero-order chi connectivity index (χ0) is 13.3. The van der Waals surface area contributed by atoms with Gasteiger partial charge in [0.25, 0.3) is 0 Å². The molecule has 0 aromatic rings. The van der Waals surface area contributed by atoms with E-state index < -0.39 is 23.9 Å². The van der Waals surface area contributed by atoms with Crippen LogP contribution in [0, 0.1) is 0 Å². The van der Waals surface area contributed by atoms with Crippen molar-refractivity contribution < 1.29 is 14.4 Å². The molecule has 0 aromatic heterocycles. The summed E-state index contributed by atoms with van der Waals surface area (Å²) in [5.41, 5.74) is 16.1. The molecule has 0 radical (unpaired) electrons. The van der Waals surface area contributed by atoms with E-state index in [-0.39, 0.29) is 25.9 Å². The fraction of sp³-hybridized carbons (Fsp3) is 0.667. The lowest BCUT2D eigenvalue weighted by Crippen LogP contribution is -2.52. The van der Waals surface area contributed by atoms with Crippen LogP contribution < -0.4 is 27.8 Å². The van der Waals surface area contributed by atoms with Gasteiger partial charge in [0.1, 0.15) is 6.04 Å². The van der Waals surface area contributed by atoms with Gasteiger partial charge < -0.3 is 22.5 Å². The van der Waals surface area contributed by atoms with E-state index >= 15 is 0 Å². The minimum Gasteiger partial charge on any atom is -0.343 e. The van der Waals surface area contributed by atoms with Gasteiger partial charge in [0, 0.05) is 0 Å². The molecule has 0 aliphatic heterocycles. The van der Waals surface area contributed by atoms with Crippen molar-refractivity contribution >= 4 is 18.2 Å². The Balaban J connectivity index is 4.37. The van der Waals surface area contributed by atoms with Crippen LogP contribution in [0.4, 0.5) is 0 Å². The van der Waals surface area contributed by atoms with Crippen molar-refractivity contribution in [2.45, 2.75) is 24.9 Å². The Morgan fingerprint density at radius 2 is 1.71 bits per heavy atom. The summed E-state index contributed by atoms with van der Waals surface area (Å²) in [7, 11) is 0. The van der Waals surface area contributed by atoms with Gasteiger partial charge in [0.05, 0.1) is 6.04 Å². The van der Waals surface area contributed by atoms with E-state index in [4.69, 9.17) is 17.2 Å². The predicted octanol–water partition coefficient (Wildman–Crippen LogP) is -3.23. The van der Waals surface area contributed by atoms with E-state index in [1.54, 1.807) is 0 Å². The average molecular weight is 245 g/mol. The molecule has 0 saturated carbocycles. The molecule has 0 fully saturated rings. The first kappa shape index (κ1) is 15.5. The monoisotopic (exact) mass is 245 g/mol. The van der Waals surface area contributed by atoms with Gasteiger partial charge in [-0.3, -0.25) is 19.7 Å². The van der Waals surface area contributed by atoms with Gasteiger partial charge >= 0.3 is 0 Å². The Hall–Kier alpha value is -1.51. The zero-order valence-corrected chi connectivity index (χ0v) is 9.52. The van der Waals surface area contributed by atoms with Crippen molar-refractivity contribution in [3.63, 3.8) is 0 Å². The molecule has 0 spiro atoms. The summed E-state index contributed by atoms with van der Waals surface area (Å²) in [6, 6.07) is -1.63. The van der Waals surface area contributed by atoms with Crippen molar-refractivity contribution in [2.24, 2.45) is 17.2 Å². The number of nitrogens with two attached hydrogens (primary N) is 3. The quantitative estimate of drug-likeness (QED) is 0.283. The van der Waals surface area contributed by atoms with E-state index in [1.165, 1.54) is 0 Å². The molecule has 98 valence electrons. The van der Waals surface area contributed by atoms with E-state index in [9.17, 15) is 14.4 Å². The van der Waals surface area contributed by atoms with Gasteiger partial charge in [-0.15, -0.1) is 0 Å². The number of carbonyl (C=O) groups excluding carboxylic acids is 3. The van der Waals surface area contributed by atoms with Crippen LogP contribution >= 0.6 is 0 Å². The molecule has 8 nitrogen and oxygen atoms in total. The van der Waals surface area contributed by atoms with Crippen LogP contribution in [0.1, 0.15) is 12.8 Å². The third-order valence-electron chi connectivity index (χ3n) is 2.10. The van der Waals surface area contributed by atoms with Crippen molar-refractivity contribution in [2.75, 3.05) is 13.1 Å². The normalized spacial score (nSPS) is 13.6. The Morgan fingerprint density at radius 3 is 2.18 bits per heavy atom. The van der Waals surface area contributed by atoms with E-state index in [1.807, 2.05) is 5.32 Å². The lowest BCUT2D eigenvalue weighted by molar-refractivity contribution is -0.131. The molecule has 2 atom stereocenters. The second-order valence-corrected chi connectivity index (χ2v) is 3.45.